The molecule has 1 aromatic carbocycles. The van der Waals surface area contributed by atoms with E-state index in [0.29, 0.717) is 12.2 Å². The summed E-state index contributed by atoms with van der Waals surface area (Å²) in [4.78, 5) is 15.5. The second kappa shape index (κ2) is 6.95. The van der Waals surface area contributed by atoms with Gasteiger partial charge in [0.15, 0.2) is 0 Å². The minimum absolute atomic E-state index is 0.440. The minimum atomic E-state index is -0.773. The Morgan fingerprint density at radius 3 is 2.53 bits per heavy atom. The van der Waals surface area contributed by atoms with Gasteiger partial charge in [0.1, 0.15) is 5.25 Å². The van der Waals surface area contributed by atoms with Crippen LogP contribution in [0.4, 0.5) is 0 Å². The molecule has 0 saturated heterocycles. The van der Waals surface area contributed by atoms with Crippen molar-refractivity contribution >= 4 is 17.7 Å². The van der Waals surface area contributed by atoms with Crippen LogP contribution < -0.4 is 0 Å². The highest BCUT2D eigenvalue weighted by molar-refractivity contribution is 7.99. The molecule has 0 saturated carbocycles. The normalized spacial score (nSPS) is 12.0. The highest BCUT2D eigenvalue weighted by atomic mass is 32.2. The summed E-state index contributed by atoms with van der Waals surface area (Å²) in [6.07, 6.45) is 2.26. The van der Waals surface area contributed by atoms with Crippen molar-refractivity contribution in [1.29, 1.82) is 0 Å². The predicted molar refractivity (Wildman–Crippen MR) is 77.1 cm³/mol. The maximum atomic E-state index is 11.3. The van der Waals surface area contributed by atoms with E-state index >= 15 is 0 Å². The largest absolute Gasteiger partial charge is 0.480 e. The smallest absolute Gasteiger partial charge is 0.316 e. The van der Waals surface area contributed by atoms with E-state index in [4.69, 9.17) is 0 Å². The maximum absolute atomic E-state index is 11.3. The molecular formula is C15H15NO2S. The van der Waals surface area contributed by atoms with Crippen molar-refractivity contribution in [2.24, 2.45) is 0 Å². The number of benzene rings is 1. The Kier molecular flexibility index (Phi) is 4.98. The summed E-state index contributed by atoms with van der Waals surface area (Å²) in [5, 5.41) is 8.83. The molecule has 1 N–H and O–H groups in total. The van der Waals surface area contributed by atoms with Crippen LogP contribution in [-0.2, 0) is 17.0 Å². The Morgan fingerprint density at radius 1 is 1.16 bits per heavy atom. The molecule has 0 aliphatic carbocycles. The van der Waals surface area contributed by atoms with E-state index in [0.717, 1.165) is 11.3 Å². The van der Waals surface area contributed by atoms with E-state index in [1.54, 1.807) is 6.20 Å². The van der Waals surface area contributed by atoms with Crippen LogP contribution in [0.3, 0.4) is 0 Å². The molecule has 98 valence electrons. The third kappa shape index (κ3) is 4.41. The van der Waals surface area contributed by atoms with Gasteiger partial charge in [0.2, 0.25) is 0 Å². The summed E-state index contributed by atoms with van der Waals surface area (Å²) >= 11 is 1.42. The molecule has 0 aliphatic heterocycles. The lowest BCUT2D eigenvalue weighted by Crippen LogP contribution is -2.19. The van der Waals surface area contributed by atoms with Gasteiger partial charge in [0, 0.05) is 11.9 Å². The number of carbonyl (C=O) groups is 1. The molecule has 1 aromatic heterocycles. The van der Waals surface area contributed by atoms with Crippen LogP contribution in [0.2, 0.25) is 0 Å². The third-order valence-electron chi connectivity index (χ3n) is 2.70. The zero-order valence-corrected chi connectivity index (χ0v) is 11.2. The quantitative estimate of drug-likeness (QED) is 0.879. The van der Waals surface area contributed by atoms with Crippen molar-refractivity contribution < 1.29 is 9.90 Å². The van der Waals surface area contributed by atoms with Crippen molar-refractivity contribution in [2.75, 3.05) is 0 Å². The van der Waals surface area contributed by atoms with Crippen LogP contribution in [0.25, 0.3) is 0 Å². The number of hydrogen-bond acceptors (Lipinski definition) is 3. The molecule has 0 amide bonds. The van der Waals surface area contributed by atoms with Gasteiger partial charge in [-0.2, -0.15) is 0 Å². The summed E-state index contributed by atoms with van der Waals surface area (Å²) in [5.41, 5.74) is 1.95. The van der Waals surface area contributed by atoms with E-state index < -0.39 is 11.2 Å². The molecule has 0 bridgehead atoms. The van der Waals surface area contributed by atoms with E-state index in [-0.39, 0.29) is 0 Å². The molecule has 1 unspecified atom stereocenters. The first kappa shape index (κ1) is 13.6. The molecular weight excluding hydrogens is 258 g/mol. The average molecular weight is 273 g/mol. The van der Waals surface area contributed by atoms with Gasteiger partial charge >= 0.3 is 5.97 Å². The van der Waals surface area contributed by atoms with Gasteiger partial charge in [-0.3, -0.25) is 9.78 Å². The van der Waals surface area contributed by atoms with Crippen LogP contribution in [0.15, 0.2) is 54.7 Å². The summed E-state index contributed by atoms with van der Waals surface area (Å²) in [6, 6.07) is 15.4. The molecule has 19 heavy (non-hydrogen) atoms. The molecule has 0 fully saturated rings. The van der Waals surface area contributed by atoms with Crippen LogP contribution in [-0.4, -0.2) is 21.3 Å². The molecule has 2 aromatic rings. The Hall–Kier alpha value is -1.81. The maximum Gasteiger partial charge on any atom is 0.316 e. The third-order valence-corrected chi connectivity index (χ3v) is 3.93. The Labute approximate surface area is 116 Å². The summed E-state index contributed by atoms with van der Waals surface area (Å²) in [7, 11) is 0. The number of carboxylic acid groups (broad SMARTS) is 1. The van der Waals surface area contributed by atoms with Crippen molar-refractivity contribution in [2.45, 2.75) is 17.4 Å². The zero-order chi connectivity index (χ0) is 13.5. The second-order valence-electron chi connectivity index (χ2n) is 4.15. The SMILES string of the molecule is O=C(O)C(Cc1ccccc1)SCc1ccccn1. The highest BCUT2D eigenvalue weighted by Crippen LogP contribution is 2.20. The number of pyridine rings is 1. The topological polar surface area (TPSA) is 50.2 Å². The van der Waals surface area contributed by atoms with Crippen molar-refractivity contribution in [3.8, 4) is 0 Å². The molecule has 1 atom stereocenters. The molecule has 0 aliphatic rings. The number of thioether (sulfide) groups is 1. The van der Waals surface area contributed by atoms with E-state index in [9.17, 15) is 9.90 Å². The molecule has 4 heteroatoms. The Balaban J connectivity index is 1.95. The number of aliphatic carboxylic acids is 1. The summed E-state index contributed by atoms with van der Waals surface area (Å²) < 4.78 is 0. The molecule has 3 nitrogen and oxygen atoms in total. The van der Waals surface area contributed by atoms with Crippen LogP contribution in [0, 0.1) is 0 Å². The first-order valence-electron chi connectivity index (χ1n) is 6.04. The summed E-state index contributed by atoms with van der Waals surface area (Å²) in [6.45, 7) is 0. The first-order chi connectivity index (χ1) is 9.25. The van der Waals surface area contributed by atoms with Gasteiger partial charge in [-0.05, 0) is 24.1 Å². The lowest BCUT2D eigenvalue weighted by Gasteiger charge is -2.11. The second-order valence-corrected chi connectivity index (χ2v) is 5.34. The van der Waals surface area contributed by atoms with Gasteiger partial charge in [0.05, 0.1) is 5.69 Å². The zero-order valence-electron chi connectivity index (χ0n) is 10.4. The van der Waals surface area contributed by atoms with Gasteiger partial charge in [-0.25, -0.2) is 0 Å². The van der Waals surface area contributed by atoms with E-state index in [1.165, 1.54) is 11.8 Å². The Bertz CT molecular complexity index is 516. The number of rotatable bonds is 6. The summed E-state index contributed by atoms with van der Waals surface area (Å²) in [5.74, 6) is -0.158. The van der Waals surface area contributed by atoms with Crippen LogP contribution >= 0.6 is 11.8 Å². The molecule has 0 radical (unpaired) electrons. The fourth-order valence-electron chi connectivity index (χ4n) is 1.72. The van der Waals surface area contributed by atoms with E-state index in [1.807, 2.05) is 48.5 Å². The lowest BCUT2D eigenvalue weighted by atomic mass is 10.1. The van der Waals surface area contributed by atoms with Crippen molar-refractivity contribution in [1.82, 2.24) is 4.98 Å². The van der Waals surface area contributed by atoms with Crippen LogP contribution in [0.5, 0.6) is 0 Å². The molecule has 2 rings (SSSR count). The monoisotopic (exact) mass is 273 g/mol. The number of nitrogens with zero attached hydrogens (tertiary/aromatic N) is 1. The van der Waals surface area contributed by atoms with Crippen LogP contribution in [0.1, 0.15) is 11.3 Å². The highest BCUT2D eigenvalue weighted by Gasteiger charge is 2.18. The number of carboxylic acids is 1. The first-order valence-corrected chi connectivity index (χ1v) is 7.09. The van der Waals surface area contributed by atoms with Gasteiger partial charge in [-0.15, -0.1) is 11.8 Å². The van der Waals surface area contributed by atoms with Gasteiger partial charge < -0.3 is 5.11 Å². The minimum Gasteiger partial charge on any atom is -0.480 e. The number of hydrogen-bond donors (Lipinski definition) is 1. The Morgan fingerprint density at radius 2 is 1.89 bits per heavy atom. The fraction of sp³-hybridized carbons (Fsp3) is 0.200. The lowest BCUT2D eigenvalue weighted by molar-refractivity contribution is -0.136. The fourth-order valence-corrected chi connectivity index (χ4v) is 2.71. The van der Waals surface area contributed by atoms with E-state index in [2.05, 4.69) is 4.98 Å². The standard InChI is InChI=1S/C15H15NO2S/c17-15(18)14(10-12-6-2-1-3-7-12)19-11-13-8-4-5-9-16-13/h1-9,14H,10-11H2,(H,17,18). The van der Waals surface area contributed by atoms with Gasteiger partial charge in [0.25, 0.3) is 0 Å². The van der Waals surface area contributed by atoms with Crippen molar-refractivity contribution in [3.63, 3.8) is 0 Å². The van der Waals surface area contributed by atoms with Crippen molar-refractivity contribution in [3.05, 3.63) is 66.0 Å². The average Bonchev–Trinajstić information content (AvgIpc) is 2.45. The molecule has 1 heterocycles. The predicted octanol–water partition coefficient (Wildman–Crippen LogP) is 3.01. The molecule has 0 spiro atoms. The number of aromatic nitrogens is 1. The van der Waals surface area contributed by atoms with Gasteiger partial charge in [-0.1, -0.05) is 36.4 Å².